The highest BCUT2D eigenvalue weighted by Crippen LogP contribution is 2.31. The number of hydrogen-bond acceptors (Lipinski definition) is 2. The molecule has 0 saturated carbocycles. The van der Waals surface area contributed by atoms with Crippen molar-refractivity contribution >= 4 is 39.0 Å². The van der Waals surface area contributed by atoms with Gasteiger partial charge in [-0.05, 0) is 28.1 Å². The summed E-state index contributed by atoms with van der Waals surface area (Å²) in [5.41, 5.74) is 0. The van der Waals surface area contributed by atoms with Gasteiger partial charge in [0.2, 0.25) is 0 Å². The van der Waals surface area contributed by atoms with Crippen molar-refractivity contribution in [3.05, 3.63) is 15.2 Å². The number of hydrogen-bond donors (Lipinski definition) is 0. The van der Waals surface area contributed by atoms with Crippen molar-refractivity contribution < 1.29 is 0 Å². The van der Waals surface area contributed by atoms with Crippen molar-refractivity contribution in [3.8, 4) is 0 Å². The molecule has 0 saturated heterocycles. The van der Waals surface area contributed by atoms with Gasteiger partial charge in [-0.3, -0.25) is 0 Å². The van der Waals surface area contributed by atoms with E-state index in [1.165, 1.54) is 53.6 Å². The van der Waals surface area contributed by atoms with Crippen molar-refractivity contribution in [1.29, 1.82) is 0 Å². The van der Waals surface area contributed by atoms with Crippen LogP contribution in [0.2, 0.25) is 0 Å². The second-order valence-electron chi connectivity index (χ2n) is 3.70. The summed E-state index contributed by atoms with van der Waals surface area (Å²) >= 11 is 7.31. The Labute approximate surface area is 110 Å². The second-order valence-corrected chi connectivity index (χ2v) is 6.43. The fraction of sp³-hybridized carbons (Fsp3) is 0.667. The molecule has 0 nitrogen and oxygen atoms in total. The average Bonchev–Trinajstić information content (AvgIpc) is 2.63. The van der Waals surface area contributed by atoms with Crippen LogP contribution in [0, 0.1) is 0 Å². The zero-order valence-electron chi connectivity index (χ0n) is 9.30. The molecule has 1 aromatic rings. The number of unbranched alkanes of at least 4 members (excludes halogenated alkanes) is 5. The minimum atomic E-state index is 1.27. The Morgan fingerprint density at radius 2 is 1.87 bits per heavy atom. The molecule has 0 atom stereocenters. The minimum absolute atomic E-state index is 1.27. The molecule has 0 aliphatic heterocycles. The zero-order chi connectivity index (χ0) is 10.9. The van der Waals surface area contributed by atoms with E-state index in [9.17, 15) is 0 Å². The maximum Gasteiger partial charge on any atom is 0.0418 e. The summed E-state index contributed by atoms with van der Waals surface area (Å²) in [7, 11) is 0. The maximum absolute atomic E-state index is 3.56. The van der Waals surface area contributed by atoms with Crippen LogP contribution in [0.15, 0.2) is 20.1 Å². The monoisotopic (exact) mass is 306 g/mol. The van der Waals surface area contributed by atoms with E-state index in [1.807, 2.05) is 11.8 Å². The van der Waals surface area contributed by atoms with Gasteiger partial charge in [0.25, 0.3) is 0 Å². The molecule has 0 bridgehead atoms. The van der Waals surface area contributed by atoms with Crippen LogP contribution in [0.4, 0.5) is 0 Å². The van der Waals surface area contributed by atoms with E-state index in [1.54, 1.807) is 11.3 Å². The van der Waals surface area contributed by atoms with Crippen molar-refractivity contribution in [2.24, 2.45) is 0 Å². The van der Waals surface area contributed by atoms with E-state index in [0.29, 0.717) is 0 Å². The highest BCUT2D eigenvalue weighted by Gasteiger charge is 2.00. The standard InChI is InChI=1S/C12H19BrS2/c1-2-3-4-5-6-7-8-15-12-10-14-9-11(12)13/h9-10H,2-8H2,1H3. The topological polar surface area (TPSA) is 0 Å². The van der Waals surface area contributed by atoms with Crippen LogP contribution in [0.3, 0.4) is 0 Å². The molecule has 1 rings (SSSR count). The zero-order valence-corrected chi connectivity index (χ0v) is 12.5. The molecule has 0 spiro atoms. The van der Waals surface area contributed by atoms with Crippen LogP contribution in [0.25, 0.3) is 0 Å². The predicted octanol–water partition coefficient (Wildman–Crippen LogP) is 5.96. The van der Waals surface area contributed by atoms with Crippen LogP contribution in [0.5, 0.6) is 0 Å². The van der Waals surface area contributed by atoms with Gasteiger partial charge < -0.3 is 0 Å². The fourth-order valence-corrected chi connectivity index (χ4v) is 4.21. The average molecular weight is 307 g/mol. The third-order valence-corrected chi connectivity index (χ3v) is 5.59. The molecule has 0 fully saturated rings. The molecule has 86 valence electrons. The van der Waals surface area contributed by atoms with Crippen molar-refractivity contribution in [1.82, 2.24) is 0 Å². The molecule has 0 aliphatic rings. The van der Waals surface area contributed by atoms with Crippen LogP contribution < -0.4 is 0 Å². The predicted molar refractivity (Wildman–Crippen MR) is 76.1 cm³/mol. The summed E-state index contributed by atoms with van der Waals surface area (Å²) in [4.78, 5) is 1.41. The first-order valence-corrected chi connectivity index (χ1v) is 8.41. The van der Waals surface area contributed by atoms with Gasteiger partial charge in [-0.15, -0.1) is 11.8 Å². The van der Waals surface area contributed by atoms with E-state index in [2.05, 4.69) is 33.6 Å². The minimum Gasteiger partial charge on any atom is -0.150 e. The lowest BCUT2D eigenvalue weighted by atomic mass is 10.1. The Bertz CT molecular complexity index is 258. The molecular formula is C12H19BrS2. The van der Waals surface area contributed by atoms with Gasteiger partial charge in [-0.2, -0.15) is 11.3 Å². The van der Waals surface area contributed by atoms with Gasteiger partial charge in [-0.25, -0.2) is 0 Å². The number of thiophene rings is 1. The molecule has 0 unspecified atom stereocenters. The van der Waals surface area contributed by atoms with Gasteiger partial charge >= 0.3 is 0 Å². The SMILES string of the molecule is CCCCCCCCSc1cscc1Br. The van der Waals surface area contributed by atoms with Crippen molar-refractivity contribution in [3.63, 3.8) is 0 Å². The molecule has 0 N–H and O–H groups in total. The molecule has 0 aliphatic carbocycles. The quantitative estimate of drug-likeness (QED) is 0.421. The van der Waals surface area contributed by atoms with E-state index < -0.39 is 0 Å². The molecular weight excluding hydrogens is 288 g/mol. The lowest BCUT2D eigenvalue weighted by Crippen LogP contribution is -1.82. The summed E-state index contributed by atoms with van der Waals surface area (Å²) in [6, 6.07) is 0. The summed E-state index contributed by atoms with van der Waals surface area (Å²) in [6.45, 7) is 2.27. The molecule has 1 heterocycles. The Morgan fingerprint density at radius 3 is 2.53 bits per heavy atom. The second kappa shape index (κ2) is 8.66. The summed E-state index contributed by atoms with van der Waals surface area (Å²) in [6.07, 6.45) is 8.34. The van der Waals surface area contributed by atoms with Gasteiger partial charge in [0, 0.05) is 20.1 Å². The molecule has 15 heavy (non-hydrogen) atoms. The first-order chi connectivity index (χ1) is 7.34. The summed E-state index contributed by atoms with van der Waals surface area (Å²) in [5.74, 6) is 1.27. The van der Waals surface area contributed by atoms with Crippen LogP contribution in [-0.4, -0.2) is 5.75 Å². The number of rotatable bonds is 8. The van der Waals surface area contributed by atoms with E-state index >= 15 is 0 Å². The Kier molecular flexibility index (Phi) is 7.84. The number of halogens is 1. The first kappa shape index (κ1) is 13.6. The third kappa shape index (κ3) is 5.98. The summed E-state index contributed by atoms with van der Waals surface area (Å²) < 4.78 is 1.27. The normalized spacial score (nSPS) is 10.8. The van der Waals surface area contributed by atoms with E-state index in [0.717, 1.165) is 0 Å². The van der Waals surface area contributed by atoms with Crippen molar-refractivity contribution in [2.75, 3.05) is 5.75 Å². The lowest BCUT2D eigenvalue weighted by molar-refractivity contribution is 0.627. The smallest absolute Gasteiger partial charge is 0.0418 e. The highest BCUT2D eigenvalue weighted by atomic mass is 79.9. The molecule has 0 aromatic carbocycles. The van der Waals surface area contributed by atoms with Gasteiger partial charge in [0.05, 0.1) is 0 Å². The molecule has 0 amide bonds. The number of thioether (sulfide) groups is 1. The van der Waals surface area contributed by atoms with Crippen LogP contribution >= 0.6 is 39.0 Å². The van der Waals surface area contributed by atoms with E-state index in [-0.39, 0.29) is 0 Å². The van der Waals surface area contributed by atoms with Gasteiger partial charge in [-0.1, -0.05) is 39.0 Å². The highest BCUT2D eigenvalue weighted by molar-refractivity contribution is 9.10. The first-order valence-electron chi connectivity index (χ1n) is 5.69. The van der Waals surface area contributed by atoms with Gasteiger partial charge in [0.15, 0.2) is 0 Å². The van der Waals surface area contributed by atoms with Crippen LogP contribution in [-0.2, 0) is 0 Å². The van der Waals surface area contributed by atoms with Crippen LogP contribution in [0.1, 0.15) is 45.4 Å². The van der Waals surface area contributed by atoms with E-state index in [4.69, 9.17) is 0 Å². The maximum atomic E-state index is 3.56. The lowest BCUT2D eigenvalue weighted by Gasteiger charge is -2.00. The third-order valence-electron chi connectivity index (χ3n) is 2.34. The largest absolute Gasteiger partial charge is 0.150 e. The fourth-order valence-electron chi connectivity index (χ4n) is 1.44. The molecule has 0 radical (unpaired) electrons. The molecule has 1 aromatic heterocycles. The Morgan fingerprint density at radius 1 is 1.13 bits per heavy atom. The van der Waals surface area contributed by atoms with Gasteiger partial charge in [0.1, 0.15) is 0 Å². The Hall–Kier alpha value is 0.530. The summed E-state index contributed by atoms with van der Waals surface area (Å²) in [5, 5.41) is 4.38. The molecule has 3 heteroatoms. The van der Waals surface area contributed by atoms with Crippen molar-refractivity contribution in [2.45, 2.75) is 50.3 Å². The Balaban J connectivity index is 1.96.